The quantitative estimate of drug-likeness (QED) is 0.912. The molecule has 3 rings (SSSR count). The number of hydrogen-bond acceptors (Lipinski definition) is 2. The van der Waals surface area contributed by atoms with Crippen LogP contribution in [0, 0.1) is 12.7 Å². The molecule has 3 nitrogen and oxygen atoms in total. The second-order valence-corrected chi connectivity index (χ2v) is 6.07. The summed E-state index contributed by atoms with van der Waals surface area (Å²) < 4.78 is 13.3. The van der Waals surface area contributed by atoms with E-state index in [1.54, 1.807) is 6.07 Å². The zero-order valence-corrected chi connectivity index (χ0v) is 13.2. The summed E-state index contributed by atoms with van der Waals surface area (Å²) in [6.45, 7) is 2.76. The van der Waals surface area contributed by atoms with Crippen molar-refractivity contribution < 1.29 is 9.18 Å². The van der Waals surface area contributed by atoms with Crippen LogP contribution < -0.4 is 10.6 Å². The molecule has 1 heterocycles. The third-order valence-electron chi connectivity index (χ3n) is 4.38. The molecule has 1 aliphatic rings. The first-order chi connectivity index (χ1) is 11.1. The van der Waals surface area contributed by atoms with Crippen molar-refractivity contribution in [3.05, 3.63) is 71.0 Å². The molecule has 120 valence electrons. The summed E-state index contributed by atoms with van der Waals surface area (Å²) in [6, 6.07) is 14.4. The first kappa shape index (κ1) is 15.7. The topological polar surface area (TPSA) is 41.1 Å². The van der Waals surface area contributed by atoms with E-state index in [0.29, 0.717) is 5.56 Å². The molecule has 1 aliphatic heterocycles. The maximum Gasteiger partial charge on any atom is 0.251 e. The van der Waals surface area contributed by atoms with Crippen LogP contribution in [0.3, 0.4) is 0 Å². The minimum absolute atomic E-state index is 0.0351. The highest BCUT2D eigenvalue weighted by Crippen LogP contribution is 2.26. The van der Waals surface area contributed by atoms with Crippen molar-refractivity contribution in [2.75, 3.05) is 6.54 Å². The number of aryl methyl sites for hydroxylation is 1. The van der Waals surface area contributed by atoms with Gasteiger partial charge in [0.2, 0.25) is 0 Å². The fraction of sp³-hybridized carbons (Fsp3) is 0.316. The van der Waals surface area contributed by atoms with Gasteiger partial charge in [-0.3, -0.25) is 4.79 Å². The Morgan fingerprint density at radius 1 is 1.22 bits per heavy atom. The summed E-state index contributed by atoms with van der Waals surface area (Å²) in [4.78, 5) is 12.3. The van der Waals surface area contributed by atoms with Crippen LogP contribution in [0.25, 0.3) is 0 Å². The second-order valence-electron chi connectivity index (χ2n) is 6.07. The summed E-state index contributed by atoms with van der Waals surface area (Å²) in [5, 5.41) is 6.58. The molecule has 0 unspecified atom stereocenters. The molecule has 0 spiro atoms. The summed E-state index contributed by atoms with van der Waals surface area (Å²) >= 11 is 0. The molecular formula is C19H21FN2O. The standard InChI is InChI=1S/C19H21FN2O/c1-13-11-15(20)7-8-17(13)18-12-16(9-10-21-18)22-19(23)14-5-3-2-4-6-14/h2-8,11,16,18,21H,9-10,12H2,1H3,(H,22,23)/t16-,18-/m1/s1. The maximum atomic E-state index is 13.3. The van der Waals surface area contributed by atoms with Crippen LogP contribution in [-0.4, -0.2) is 18.5 Å². The maximum absolute atomic E-state index is 13.3. The molecule has 0 aromatic heterocycles. The van der Waals surface area contributed by atoms with Gasteiger partial charge in [-0.1, -0.05) is 24.3 Å². The van der Waals surface area contributed by atoms with Crippen LogP contribution in [0.1, 0.15) is 40.4 Å². The Morgan fingerprint density at radius 3 is 2.74 bits per heavy atom. The number of nitrogens with one attached hydrogen (secondary N) is 2. The van der Waals surface area contributed by atoms with E-state index in [0.717, 1.165) is 30.5 Å². The molecule has 2 aromatic rings. The lowest BCUT2D eigenvalue weighted by atomic mass is 9.91. The number of benzene rings is 2. The lowest BCUT2D eigenvalue weighted by Crippen LogP contribution is -2.44. The van der Waals surface area contributed by atoms with Crippen molar-refractivity contribution in [3.8, 4) is 0 Å². The number of carbonyl (C=O) groups is 1. The van der Waals surface area contributed by atoms with Crippen LogP contribution in [-0.2, 0) is 0 Å². The zero-order valence-electron chi connectivity index (χ0n) is 13.2. The first-order valence-electron chi connectivity index (χ1n) is 7.99. The van der Waals surface area contributed by atoms with Gasteiger partial charge in [0, 0.05) is 17.6 Å². The normalized spacial score (nSPS) is 21.0. The Labute approximate surface area is 135 Å². The molecular weight excluding hydrogens is 291 g/mol. The third kappa shape index (κ3) is 3.77. The molecule has 4 heteroatoms. The highest BCUT2D eigenvalue weighted by atomic mass is 19.1. The van der Waals surface area contributed by atoms with E-state index in [2.05, 4.69) is 10.6 Å². The van der Waals surface area contributed by atoms with Crippen LogP contribution in [0.2, 0.25) is 0 Å². The van der Waals surface area contributed by atoms with E-state index in [1.165, 1.54) is 6.07 Å². The van der Waals surface area contributed by atoms with Crippen molar-refractivity contribution in [1.29, 1.82) is 0 Å². The number of halogens is 1. The van der Waals surface area contributed by atoms with Gasteiger partial charge in [-0.05, 0) is 61.7 Å². The SMILES string of the molecule is Cc1cc(F)ccc1[C@H]1C[C@H](NC(=O)c2ccccc2)CCN1. The van der Waals surface area contributed by atoms with E-state index in [-0.39, 0.29) is 23.8 Å². The average Bonchev–Trinajstić information content (AvgIpc) is 2.56. The summed E-state index contributed by atoms with van der Waals surface area (Å²) in [5.41, 5.74) is 2.73. The van der Waals surface area contributed by atoms with Gasteiger partial charge in [0.15, 0.2) is 0 Å². The smallest absolute Gasteiger partial charge is 0.251 e. The summed E-state index contributed by atoms with van der Waals surface area (Å²) in [7, 11) is 0. The van der Waals surface area contributed by atoms with Gasteiger partial charge in [-0.15, -0.1) is 0 Å². The highest BCUT2D eigenvalue weighted by Gasteiger charge is 2.25. The van der Waals surface area contributed by atoms with Gasteiger partial charge in [-0.2, -0.15) is 0 Å². The van der Waals surface area contributed by atoms with E-state index in [4.69, 9.17) is 0 Å². The van der Waals surface area contributed by atoms with Crippen molar-refractivity contribution in [1.82, 2.24) is 10.6 Å². The van der Waals surface area contributed by atoms with Crippen LogP contribution in [0.15, 0.2) is 48.5 Å². The molecule has 1 saturated heterocycles. The third-order valence-corrected chi connectivity index (χ3v) is 4.38. The number of amides is 1. The van der Waals surface area contributed by atoms with E-state index < -0.39 is 0 Å². The van der Waals surface area contributed by atoms with E-state index >= 15 is 0 Å². The van der Waals surface area contributed by atoms with Gasteiger partial charge < -0.3 is 10.6 Å². The van der Waals surface area contributed by atoms with Gasteiger partial charge in [0.1, 0.15) is 5.82 Å². The molecule has 0 saturated carbocycles. The summed E-state index contributed by atoms with van der Waals surface area (Å²) in [5.74, 6) is -0.247. The molecule has 0 radical (unpaired) electrons. The second kappa shape index (κ2) is 6.92. The van der Waals surface area contributed by atoms with E-state index in [1.807, 2.05) is 43.3 Å². The Morgan fingerprint density at radius 2 is 2.00 bits per heavy atom. The van der Waals surface area contributed by atoms with Gasteiger partial charge in [0.25, 0.3) is 5.91 Å². The minimum atomic E-state index is -0.212. The van der Waals surface area contributed by atoms with E-state index in [9.17, 15) is 9.18 Å². The van der Waals surface area contributed by atoms with Gasteiger partial charge in [-0.25, -0.2) is 4.39 Å². The molecule has 23 heavy (non-hydrogen) atoms. The Balaban J connectivity index is 1.67. The lowest BCUT2D eigenvalue weighted by Gasteiger charge is -2.32. The Bertz CT molecular complexity index is 687. The van der Waals surface area contributed by atoms with Crippen molar-refractivity contribution in [2.24, 2.45) is 0 Å². The van der Waals surface area contributed by atoms with Crippen LogP contribution in [0.4, 0.5) is 4.39 Å². The fourth-order valence-corrected chi connectivity index (χ4v) is 3.17. The first-order valence-corrected chi connectivity index (χ1v) is 7.99. The molecule has 2 N–H and O–H groups in total. The molecule has 1 amide bonds. The molecule has 0 bridgehead atoms. The van der Waals surface area contributed by atoms with Gasteiger partial charge in [0.05, 0.1) is 0 Å². The average molecular weight is 312 g/mol. The Kier molecular flexibility index (Phi) is 4.72. The van der Waals surface area contributed by atoms with Crippen LogP contribution in [0.5, 0.6) is 0 Å². The molecule has 1 fully saturated rings. The predicted octanol–water partition coefficient (Wildman–Crippen LogP) is 3.36. The van der Waals surface area contributed by atoms with Gasteiger partial charge >= 0.3 is 0 Å². The highest BCUT2D eigenvalue weighted by molar-refractivity contribution is 5.94. The summed E-state index contributed by atoms with van der Waals surface area (Å²) in [6.07, 6.45) is 1.71. The minimum Gasteiger partial charge on any atom is -0.349 e. The molecule has 2 atom stereocenters. The monoisotopic (exact) mass is 312 g/mol. The number of piperidine rings is 1. The molecule has 2 aromatic carbocycles. The lowest BCUT2D eigenvalue weighted by molar-refractivity contribution is 0.0924. The predicted molar refractivity (Wildman–Crippen MR) is 88.8 cm³/mol. The van der Waals surface area contributed by atoms with Crippen molar-refractivity contribution >= 4 is 5.91 Å². The largest absolute Gasteiger partial charge is 0.349 e. The number of carbonyl (C=O) groups excluding carboxylic acids is 1. The molecule has 0 aliphatic carbocycles. The Hall–Kier alpha value is -2.20. The number of hydrogen-bond donors (Lipinski definition) is 2. The fourth-order valence-electron chi connectivity index (χ4n) is 3.17. The zero-order chi connectivity index (χ0) is 16.2. The van der Waals surface area contributed by atoms with Crippen LogP contribution >= 0.6 is 0 Å². The van der Waals surface area contributed by atoms with Crippen molar-refractivity contribution in [3.63, 3.8) is 0 Å². The van der Waals surface area contributed by atoms with Crippen molar-refractivity contribution in [2.45, 2.75) is 31.8 Å². The number of rotatable bonds is 3.